The van der Waals surface area contributed by atoms with Gasteiger partial charge in [-0.15, -0.1) is 0 Å². The molecule has 150 valence electrons. The summed E-state index contributed by atoms with van der Waals surface area (Å²) < 4.78 is 19.7. The van der Waals surface area contributed by atoms with Crippen molar-refractivity contribution >= 4 is 33.1 Å². The van der Waals surface area contributed by atoms with Crippen molar-refractivity contribution in [1.29, 1.82) is 0 Å². The number of H-pyrrole nitrogens is 1. The number of fused-ring (bicyclic) bond motifs is 5. The van der Waals surface area contributed by atoms with E-state index in [1.807, 2.05) is 29.1 Å². The summed E-state index contributed by atoms with van der Waals surface area (Å²) in [5.74, 6) is 1.44. The summed E-state index contributed by atoms with van der Waals surface area (Å²) in [7, 11) is 0. The number of nitrogens with one attached hydrogen (secondary N) is 1. The average molecular weight is 401 g/mol. The van der Waals surface area contributed by atoms with Crippen LogP contribution in [-0.2, 0) is 0 Å². The third kappa shape index (κ3) is 2.38. The predicted molar refractivity (Wildman–Crippen MR) is 114 cm³/mol. The van der Waals surface area contributed by atoms with E-state index in [2.05, 4.69) is 18.9 Å². The lowest BCUT2D eigenvalue weighted by atomic mass is 10.0. The van der Waals surface area contributed by atoms with Crippen LogP contribution >= 0.6 is 0 Å². The van der Waals surface area contributed by atoms with Crippen LogP contribution in [0.25, 0.3) is 44.2 Å². The van der Waals surface area contributed by atoms with Crippen molar-refractivity contribution in [2.75, 3.05) is 13.2 Å². The number of hydrogen-bond acceptors (Lipinski definition) is 5. The van der Waals surface area contributed by atoms with E-state index >= 15 is 0 Å². The molecule has 0 aliphatic carbocycles. The first-order chi connectivity index (χ1) is 14.6. The monoisotopic (exact) mass is 401 g/mol. The van der Waals surface area contributed by atoms with Crippen LogP contribution in [0, 0.1) is 0 Å². The first kappa shape index (κ1) is 17.1. The summed E-state index contributed by atoms with van der Waals surface area (Å²) in [6.45, 7) is 5.26. The molecular formula is C23H19N3O4. The average Bonchev–Trinajstić information content (AvgIpc) is 3.32. The Labute approximate surface area is 170 Å². The molecule has 0 fully saturated rings. The Balaban J connectivity index is 1.75. The Bertz CT molecular complexity index is 1510. The lowest BCUT2D eigenvalue weighted by molar-refractivity contribution is 0.171. The van der Waals surface area contributed by atoms with Crippen molar-refractivity contribution < 1.29 is 13.9 Å². The summed E-state index contributed by atoms with van der Waals surface area (Å²) in [5.41, 5.74) is 4.50. The maximum absolute atomic E-state index is 11.9. The zero-order valence-corrected chi connectivity index (χ0v) is 16.6. The van der Waals surface area contributed by atoms with E-state index in [4.69, 9.17) is 18.9 Å². The minimum Gasteiger partial charge on any atom is -0.486 e. The molecule has 0 atom stereocenters. The Morgan fingerprint density at radius 3 is 2.70 bits per heavy atom. The van der Waals surface area contributed by atoms with Crippen LogP contribution in [0.3, 0.4) is 0 Å². The fourth-order valence-electron chi connectivity index (χ4n) is 4.14. The third-order valence-electron chi connectivity index (χ3n) is 5.51. The summed E-state index contributed by atoms with van der Waals surface area (Å²) >= 11 is 0. The maximum atomic E-state index is 11.9. The van der Waals surface area contributed by atoms with Gasteiger partial charge in [-0.2, -0.15) is 0 Å². The molecular weight excluding hydrogens is 382 g/mol. The van der Waals surface area contributed by atoms with Gasteiger partial charge in [0, 0.05) is 34.6 Å². The molecule has 3 aromatic heterocycles. The van der Waals surface area contributed by atoms with Gasteiger partial charge in [0.15, 0.2) is 28.2 Å². The first-order valence-corrected chi connectivity index (χ1v) is 9.96. The second-order valence-electron chi connectivity index (χ2n) is 7.76. The minimum atomic E-state index is -0.0907. The number of ether oxygens (including phenoxy) is 2. The van der Waals surface area contributed by atoms with Crippen LogP contribution in [0.2, 0.25) is 0 Å². The largest absolute Gasteiger partial charge is 0.486 e. The van der Waals surface area contributed by atoms with Gasteiger partial charge in [-0.05, 0) is 43.7 Å². The highest BCUT2D eigenvalue weighted by molar-refractivity contribution is 6.14. The van der Waals surface area contributed by atoms with Gasteiger partial charge in [0.25, 0.3) is 0 Å². The topological polar surface area (TPSA) is 82.3 Å². The second kappa shape index (κ2) is 6.13. The number of nitrogens with zero attached hydrogens (tertiary/aromatic N) is 2. The quantitative estimate of drug-likeness (QED) is 0.466. The first-order valence-electron chi connectivity index (χ1n) is 9.96. The fraction of sp³-hybridized carbons (Fsp3) is 0.217. The van der Waals surface area contributed by atoms with Gasteiger partial charge in [0.2, 0.25) is 0 Å². The molecule has 0 saturated heterocycles. The summed E-state index contributed by atoms with van der Waals surface area (Å²) in [4.78, 5) is 16.8. The number of furan rings is 1. The molecule has 1 N–H and O–H groups in total. The maximum Gasteiger partial charge on any atom is 0.182 e. The highest BCUT2D eigenvalue weighted by Crippen LogP contribution is 2.42. The molecule has 1 aliphatic rings. The van der Waals surface area contributed by atoms with Crippen LogP contribution in [-0.4, -0.2) is 28.0 Å². The van der Waals surface area contributed by atoms with Crippen molar-refractivity contribution in [3.8, 4) is 22.6 Å². The molecule has 5 aromatic rings. The van der Waals surface area contributed by atoms with Gasteiger partial charge in [-0.1, -0.05) is 6.07 Å². The molecule has 0 unspecified atom stereocenters. The molecule has 0 saturated carbocycles. The van der Waals surface area contributed by atoms with E-state index in [9.17, 15) is 4.79 Å². The van der Waals surface area contributed by atoms with E-state index in [1.54, 1.807) is 12.1 Å². The van der Waals surface area contributed by atoms with Gasteiger partial charge in [-0.25, -0.2) is 4.98 Å². The number of hydrogen-bond donors (Lipinski definition) is 1. The van der Waals surface area contributed by atoms with Crippen LogP contribution in [0.4, 0.5) is 0 Å². The van der Waals surface area contributed by atoms with E-state index in [0.717, 1.165) is 38.8 Å². The van der Waals surface area contributed by atoms with Gasteiger partial charge in [-0.3, -0.25) is 9.48 Å². The predicted octanol–water partition coefficient (Wildman–Crippen LogP) is 4.64. The lowest BCUT2D eigenvalue weighted by Gasteiger charge is -2.19. The van der Waals surface area contributed by atoms with Crippen molar-refractivity contribution in [2.45, 2.75) is 19.9 Å². The van der Waals surface area contributed by atoms with Gasteiger partial charge >= 0.3 is 0 Å². The number of benzene rings is 2. The summed E-state index contributed by atoms with van der Waals surface area (Å²) in [6.07, 6.45) is 1.94. The highest BCUT2D eigenvalue weighted by Gasteiger charge is 2.22. The lowest BCUT2D eigenvalue weighted by Crippen LogP contribution is -2.15. The molecule has 7 nitrogen and oxygen atoms in total. The van der Waals surface area contributed by atoms with Crippen LogP contribution in [0.5, 0.6) is 11.5 Å². The minimum absolute atomic E-state index is 0.0907. The van der Waals surface area contributed by atoms with Crippen molar-refractivity contribution in [3.05, 3.63) is 52.8 Å². The SMILES string of the molecule is CC(C)n1[nH]cc2c(-c3ccc4c(c3)OCCO4)c3oc4cc(=O)ccc4c3nc21. The second-order valence-corrected chi connectivity index (χ2v) is 7.76. The molecule has 0 spiro atoms. The molecule has 4 heterocycles. The fourth-order valence-corrected chi connectivity index (χ4v) is 4.14. The van der Waals surface area contributed by atoms with E-state index in [-0.39, 0.29) is 11.5 Å². The third-order valence-corrected chi connectivity index (χ3v) is 5.51. The Morgan fingerprint density at radius 1 is 1.03 bits per heavy atom. The molecule has 0 amide bonds. The van der Waals surface area contributed by atoms with Gasteiger partial charge in [0.05, 0.1) is 0 Å². The summed E-state index contributed by atoms with van der Waals surface area (Å²) in [6, 6.07) is 10.9. The van der Waals surface area contributed by atoms with Gasteiger partial charge in [0.1, 0.15) is 24.3 Å². The number of aromatic amines is 1. The van der Waals surface area contributed by atoms with E-state index in [0.29, 0.717) is 30.1 Å². The van der Waals surface area contributed by atoms with E-state index in [1.165, 1.54) is 6.07 Å². The highest BCUT2D eigenvalue weighted by atomic mass is 16.6. The standard InChI is InChI=1S/C23H19N3O4/c1-12(2)26-23-16(11-24-26)20(13-3-6-17-19(9-13)29-8-7-28-17)22-21(25-23)15-5-4-14(27)10-18(15)30-22/h3-6,9-12,24H,7-8H2,1-2H3. The van der Waals surface area contributed by atoms with Crippen molar-refractivity contribution in [2.24, 2.45) is 0 Å². The Hall–Kier alpha value is -3.74. The Kier molecular flexibility index (Phi) is 3.50. The van der Waals surface area contributed by atoms with Crippen molar-refractivity contribution in [3.63, 3.8) is 0 Å². The van der Waals surface area contributed by atoms with Crippen LogP contribution in [0.15, 0.2) is 51.8 Å². The van der Waals surface area contributed by atoms with Gasteiger partial charge < -0.3 is 19.0 Å². The number of aromatic nitrogens is 3. The Morgan fingerprint density at radius 2 is 1.87 bits per heavy atom. The molecule has 1 aliphatic heterocycles. The molecule has 7 heteroatoms. The molecule has 0 bridgehead atoms. The smallest absolute Gasteiger partial charge is 0.182 e. The summed E-state index contributed by atoms with van der Waals surface area (Å²) in [5, 5.41) is 5.07. The zero-order valence-electron chi connectivity index (χ0n) is 16.6. The molecule has 2 aromatic carbocycles. The number of pyridine rings is 1. The zero-order chi connectivity index (χ0) is 20.4. The van der Waals surface area contributed by atoms with Crippen molar-refractivity contribution in [1.82, 2.24) is 14.8 Å². The van der Waals surface area contributed by atoms with Crippen LogP contribution in [0.1, 0.15) is 19.9 Å². The normalized spacial score (nSPS) is 13.7. The number of rotatable bonds is 2. The van der Waals surface area contributed by atoms with E-state index < -0.39 is 0 Å². The molecule has 0 radical (unpaired) electrons. The molecule has 6 rings (SSSR count). The molecule has 30 heavy (non-hydrogen) atoms. The van der Waals surface area contributed by atoms with Crippen LogP contribution < -0.4 is 14.9 Å².